The van der Waals surface area contributed by atoms with E-state index in [1.54, 1.807) is 16.9 Å². The van der Waals surface area contributed by atoms with Gasteiger partial charge in [-0.3, -0.25) is 9.48 Å². The first kappa shape index (κ1) is 24.8. The SMILES string of the molecule is CCC(C)CN1C[C@@H]2[C@H](NC(=O)c3ccnn3C)c3ccccc3[C@@H]2C1.O=C(O)C(F)(F)F. The van der Waals surface area contributed by atoms with E-state index in [9.17, 15) is 18.0 Å². The molecule has 7 nitrogen and oxygen atoms in total. The number of halogens is 3. The molecule has 1 amide bonds. The van der Waals surface area contributed by atoms with Gasteiger partial charge in [0.15, 0.2) is 0 Å². The number of carbonyl (C=O) groups excluding carboxylic acids is 1. The van der Waals surface area contributed by atoms with E-state index in [1.807, 2.05) is 7.05 Å². The molecule has 1 fully saturated rings. The van der Waals surface area contributed by atoms with Gasteiger partial charge in [-0.05, 0) is 23.1 Å². The molecular formula is C23H29F3N4O3. The number of fused-ring (bicyclic) bond motifs is 3. The lowest BCUT2D eigenvalue weighted by Crippen LogP contribution is -2.35. The number of aryl methyl sites for hydroxylation is 1. The Hall–Kier alpha value is -2.88. The third-order valence-electron chi connectivity index (χ3n) is 6.45. The molecule has 2 N–H and O–H groups in total. The molecular weight excluding hydrogens is 437 g/mol. The molecule has 1 saturated heterocycles. The van der Waals surface area contributed by atoms with Crippen LogP contribution in [0.4, 0.5) is 13.2 Å². The second-order valence-corrected chi connectivity index (χ2v) is 8.73. The van der Waals surface area contributed by atoms with Crippen molar-refractivity contribution < 1.29 is 27.9 Å². The van der Waals surface area contributed by atoms with Crippen molar-refractivity contribution in [3.8, 4) is 0 Å². The number of hydrogen-bond donors (Lipinski definition) is 2. The first-order valence-corrected chi connectivity index (χ1v) is 10.9. The lowest BCUT2D eigenvalue weighted by molar-refractivity contribution is -0.192. The van der Waals surface area contributed by atoms with Gasteiger partial charge >= 0.3 is 12.1 Å². The lowest BCUT2D eigenvalue weighted by atomic mass is 9.94. The summed E-state index contributed by atoms with van der Waals surface area (Å²) in [6, 6.07) is 10.5. The number of carbonyl (C=O) groups is 2. The number of aliphatic carboxylic acids is 1. The minimum Gasteiger partial charge on any atom is -0.475 e. The zero-order valence-electron chi connectivity index (χ0n) is 18.8. The van der Waals surface area contributed by atoms with Crippen LogP contribution in [0.5, 0.6) is 0 Å². The molecule has 2 aliphatic rings. The summed E-state index contributed by atoms with van der Waals surface area (Å²) >= 11 is 0. The van der Waals surface area contributed by atoms with E-state index in [1.165, 1.54) is 17.5 Å². The van der Waals surface area contributed by atoms with Gasteiger partial charge in [-0.25, -0.2) is 4.79 Å². The molecule has 2 aromatic rings. The van der Waals surface area contributed by atoms with Crippen LogP contribution in [0.25, 0.3) is 0 Å². The molecule has 10 heteroatoms. The monoisotopic (exact) mass is 466 g/mol. The predicted molar refractivity (Wildman–Crippen MR) is 116 cm³/mol. The van der Waals surface area contributed by atoms with Gasteiger partial charge in [0.25, 0.3) is 5.91 Å². The maximum Gasteiger partial charge on any atom is 0.490 e. The Bertz CT molecular complexity index is 991. The number of rotatable bonds is 5. The third kappa shape index (κ3) is 5.55. The molecule has 180 valence electrons. The van der Waals surface area contributed by atoms with Crippen molar-refractivity contribution in [1.82, 2.24) is 20.0 Å². The summed E-state index contributed by atoms with van der Waals surface area (Å²) < 4.78 is 33.4. The molecule has 1 aliphatic heterocycles. The van der Waals surface area contributed by atoms with E-state index in [0.717, 1.165) is 19.6 Å². The zero-order chi connectivity index (χ0) is 24.3. The Kier molecular flexibility index (Phi) is 7.46. The van der Waals surface area contributed by atoms with Gasteiger partial charge in [-0.2, -0.15) is 18.3 Å². The normalized spacial score (nSPS) is 22.7. The van der Waals surface area contributed by atoms with Gasteiger partial charge in [0.1, 0.15) is 5.69 Å². The van der Waals surface area contributed by atoms with Crippen molar-refractivity contribution in [3.63, 3.8) is 0 Å². The second-order valence-electron chi connectivity index (χ2n) is 8.73. The van der Waals surface area contributed by atoms with E-state index in [4.69, 9.17) is 9.90 Å². The highest BCUT2D eigenvalue weighted by molar-refractivity contribution is 5.92. The standard InChI is InChI=1S/C21H28N4O.C2HF3O2/c1-4-14(2)11-25-12-17-15-7-5-6-8-16(15)20(18(17)13-25)23-21(26)19-9-10-22-24(19)3;3-2(4,5)1(6)7/h5-10,14,17-18,20H,4,11-13H2,1-3H3,(H,23,26);(H,6,7)/t14?,17-,18-,20+;/m0./s1. The fourth-order valence-corrected chi connectivity index (χ4v) is 4.66. The molecule has 4 atom stereocenters. The minimum atomic E-state index is -5.08. The maximum absolute atomic E-state index is 12.8. The molecule has 33 heavy (non-hydrogen) atoms. The highest BCUT2D eigenvalue weighted by atomic mass is 19.4. The number of hydrogen-bond acceptors (Lipinski definition) is 4. The molecule has 0 radical (unpaired) electrons. The highest BCUT2D eigenvalue weighted by Crippen LogP contribution is 2.49. The average molecular weight is 467 g/mol. The fourth-order valence-electron chi connectivity index (χ4n) is 4.66. The highest BCUT2D eigenvalue weighted by Gasteiger charge is 2.46. The van der Waals surface area contributed by atoms with Crippen molar-refractivity contribution in [2.75, 3.05) is 19.6 Å². The molecule has 1 aromatic carbocycles. The maximum atomic E-state index is 12.8. The van der Waals surface area contributed by atoms with Gasteiger partial charge in [0, 0.05) is 44.7 Å². The average Bonchev–Trinajstić information content (AvgIpc) is 3.43. The number of aromatic nitrogens is 2. The Morgan fingerprint density at radius 3 is 2.39 bits per heavy atom. The number of alkyl halides is 3. The molecule has 1 unspecified atom stereocenters. The number of carboxylic acid groups (broad SMARTS) is 1. The molecule has 0 bridgehead atoms. The zero-order valence-corrected chi connectivity index (χ0v) is 18.8. The van der Waals surface area contributed by atoms with Crippen LogP contribution in [0.15, 0.2) is 36.5 Å². The van der Waals surface area contributed by atoms with E-state index >= 15 is 0 Å². The molecule has 0 spiro atoms. The van der Waals surface area contributed by atoms with Gasteiger partial charge in [-0.1, -0.05) is 44.5 Å². The summed E-state index contributed by atoms with van der Waals surface area (Å²) in [7, 11) is 1.81. The topological polar surface area (TPSA) is 87.5 Å². The van der Waals surface area contributed by atoms with E-state index in [0.29, 0.717) is 23.4 Å². The second kappa shape index (κ2) is 9.94. The first-order valence-electron chi connectivity index (χ1n) is 10.9. The van der Waals surface area contributed by atoms with Crippen LogP contribution in [0.3, 0.4) is 0 Å². The van der Waals surface area contributed by atoms with Crippen molar-refractivity contribution in [1.29, 1.82) is 0 Å². The molecule has 1 aliphatic carbocycles. The van der Waals surface area contributed by atoms with Crippen LogP contribution in [0.1, 0.15) is 53.8 Å². The van der Waals surface area contributed by atoms with Crippen molar-refractivity contribution in [3.05, 3.63) is 53.3 Å². The summed E-state index contributed by atoms with van der Waals surface area (Å²) in [5.41, 5.74) is 3.32. The van der Waals surface area contributed by atoms with Crippen LogP contribution >= 0.6 is 0 Å². The van der Waals surface area contributed by atoms with Crippen molar-refractivity contribution in [2.45, 2.75) is 38.4 Å². The van der Waals surface area contributed by atoms with Crippen LogP contribution in [0, 0.1) is 11.8 Å². The molecule has 1 aromatic heterocycles. The Morgan fingerprint density at radius 1 is 1.21 bits per heavy atom. The molecule has 4 rings (SSSR count). The smallest absolute Gasteiger partial charge is 0.475 e. The van der Waals surface area contributed by atoms with Crippen LogP contribution < -0.4 is 5.32 Å². The number of nitrogens with zero attached hydrogens (tertiary/aromatic N) is 3. The van der Waals surface area contributed by atoms with Crippen LogP contribution in [-0.2, 0) is 11.8 Å². The van der Waals surface area contributed by atoms with Crippen LogP contribution in [0.2, 0.25) is 0 Å². The first-order chi connectivity index (χ1) is 15.5. The number of carboxylic acids is 1. The van der Waals surface area contributed by atoms with E-state index in [2.05, 4.69) is 53.4 Å². The predicted octanol–water partition coefficient (Wildman–Crippen LogP) is 3.60. The summed E-state index contributed by atoms with van der Waals surface area (Å²) in [4.78, 5) is 24.3. The Balaban J connectivity index is 0.000000383. The number of benzene rings is 1. The summed E-state index contributed by atoms with van der Waals surface area (Å²) in [5, 5.41) is 14.6. The Morgan fingerprint density at radius 2 is 1.85 bits per heavy atom. The van der Waals surface area contributed by atoms with Crippen molar-refractivity contribution >= 4 is 11.9 Å². The minimum absolute atomic E-state index is 0.0363. The lowest BCUT2D eigenvalue weighted by Gasteiger charge is -2.24. The van der Waals surface area contributed by atoms with Gasteiger partial charge in [-0.15, -0.1) is 0 Å². The van der Waals surface area contributed by atoms with E-state index in [-0.39, 0.29) is 11.9 Å². The quantitative estimate of drug-likeness (QED) is 0.703. The van der Waals surface area contributed by atoms with E-state index < -0.39 is 12.1 Å². The molecule has 2 heterocycles. The summed E-state index contributed by atoms with van der Waals surface area (Å²) in [6.07, 6.45) is -2.20. The van der Waals surface area contributed by atoms with Crippen LogP contribution in [-0.4, -0.2) is 57.5 Å². The Labute approximate surface area is 190 Å². The number of likely N-dealkylation sites (tertiary alicyclic amines) is 1. The third-order valence-corrected chi connectivity index (χ3v) is 6.45. The number of nitrogens with one attached hydrogen (secondary N) is 1. The fraction of sp³-hybridized carbons (Fsp3) is 0.522. The van der Waals surface area contributed by atoms with Gasteiger partial charge in [0.2, 0.25) is 0 Å². The summed E-state index contributed by atoms with van der Waals surface area (Å²) in [6.45, 7) is 7.88. The summed E-state index contributed by atoms with van der Waals surface area (Å²) in [5.74, 6) is -1.11. The molecule has 0 saturated carbocycles. The largest absolute Gasteiger partial charge is 0.490 e. The van der Waals surface area contributed by atoms with Crippen molar-refractivity contribution in [2.24, 2.45) is 18.9 Å². The number of amides is 1. The van der Waals surface area contributed by atoms with Gasteiger partial charge < -0.3 is 15.3 Å². The van der Waals surface area contributed by atoms with Gasteiger partial charge in [0.05, 0.1) is 6.04 Å².